The fourth-order valence-electron chi connectivity index (χ4n) is 2.71. The molecule has 1 N–H and O–H groups in total. The van der Waals surface area contributed by atoms with E-state index in [-0.39, 0.29) is 23.3 Å². The van der Waals surface area contributed by atoms with Crippen LogP contribution < -0.4 is 10.1 Å². The Morgan fingerprint density at radius 3 is 2.29 bits per heavy atom. The van der Waals surface area contributed by atoms with E-state index in [2.05, 4.69) is 5.32 Å². The van der Waals surface area contributed by atoms with E-state index in [1.54, 1.807) is 39.0 Å². The Morgan fingerprint density at radius 2 is 1.71 bits per heavy atom. The molecule has 6 nitrogen and oxygen atoms in total. The summed E-state index contributed by atoms with van der Waals surface area (Å²) in [5.41, 5.74) is 0.748. The van der Waals surface area contributed by atoms with Crippen LogP contribution in [0.3, 0.4) is 0 Å². The van der Waals surface area contributed by atoms with Crippen LogP contribution >= 0.6 is 0 Å². The van der Waals surface area contributed by atoms with E-state index in [9.17, 15) is 17.6 Å². The minimum atomic E-state index is -3.52. The van der Waals surface area contributed by atoms with Gasteiger partial charge in [0.05, 0.1) is 10.9 Å². The third-order valence-electron chi connectivity index (χ3n) is 4.30. The molecular weight excluding hydrogens is 383 g/mol. The highest BCUT2D eigenvalue weighted by atomic mass is 32.2. The van der Waals surface area contributed by atoms with Crippen LogP contribution in [0.2, 0.25) is 0 Å². The topological polar surface area (TPSA) is 75.7 Å². The van der Waals surface area contributed by atoms with Crippen molar-refractivity contribution in [3.8, 4) is 5.75 Å². The van der Waals surface area contributed by atoms with E-state index in [4.69, 9.17) is 4.74 Å². The third-order valence-corrected chi connectivity index (χ3v) is 6.36. The summed E-state index contributed by atoms with van der Waals surface area (Å²) >= 11 is 0. The maximum atomic E-state index is 13.5. The summed E-state index contributed by atoms with van der Waals surface area (Å²) < 4.78 is 45.1. The van der Waals surface area contributed by atoms with E-state index in [1.807, 2.05) is 0 Å². The zero-order chi connectivity index (χ0) is 20.7. The Balaban J connectivity index is 1.98. The molecule has 0 aliphatic rings. The number of benzene rings is 2. The first-order valence-corrected chi connectivity index (χ1v) is 10.5. The van der Waals surface area contributed by atoms with E-state index in [0.717, 1.165) is 5.56 Å². The zero-order valence-electron chi connectivity index (χ0n) is 16.2. The number of hydrogen-bond acceptors (Lipinski definition) is 4. The highest BCUT2D eigenvalue weighted by Gasteiger charge is 2.21. The fourth-order valence-corrected chi connectivity index (χ4v) is 4.17. The van der Waals surface area contributed by atoms with Gasteiger partial charge < -0.3 is 10.1 Å². The summed E-state index contributed by atoms with van der Waals surface area (Å²) in [5.74, 6) is -0.930. The molecule has 0 saturated carbocycles. The molecule has 2 aromatic carbocycles. The van der Waals surface area contributed by atoms with Crippen LogP contribution in [0.1, 0.15) is 32.4 Å². The average molecular weight is 408 g/mol. The van der Waals surface area contributed by atoms with Crippen molar-refractivity contribution < 1.29 is 22.3 Å². The summed E-state index contributed by atoms with van der Waals surface area (Å²) in [7, 11) is -3.52. The van der Waals surface area contributed by atoms with Crippen molar-refractivity contribution in [1.29, 1.82) is 0 Å². The van der Waals surface area contributed by atoms with Crippen LogP contribution in [0.25, 0.3) is 0 Å². The van der Waals surface area contributed by atoms with Gasteiger partial charge in [-0.1, -0.05) is 38.1 Å². The minimum absolute atomic E-state index is 0.0104. The average Bonchev–Trinajstić information content (AvgIpc) is 2.68. The Kier molecular flexibility index (Phi) is 7.53. The molecule has 0 bridgehead atoms. The lowest BCUT2D eigenvalue weighted by Crippen LogP contribution is -2.32. The SMILES string of the molecule is CCN(CC)S(=O)(=O)c1ccc(C(C)NC(=O)COc2ccccc2F)cc1. The van der Waals surface area contributed by atoms with Crippen LogP contribution in [0, 0.1) is 5.82 Å². The second-order valence-corrected chi connectivity index (χ2v) is 8.10. The van der Waals surface area contributed by atoms with Crippen LogP contribution in [-0.4, -0.2) is 38.3 Å². The second-order valence-electron chi connectivity index (χ2n) is 6.17. The molecule has 1 unspecified atom stereocenters. The van der Waals surface area contributed by atoms with E-state index in [1.165, 1.54) is 34.6 Å². The number of carbonyl (C=O) groups is 1. The largest absolute Gasteiger partial charge is 0.481 e. The van der Waals surface area contributed by atoms with E-state index >= 15 is 0 Å². The maximum Gasteiger partial charge on any atom is 0.258 e. The molecule has 152 valence electrons. The molecule has 0 aliphatic carbocycles. The Hall–Kier alpha value is -2.45. The van der Waals surface area contributed by atoms with Gasteiger partial charge in [-0.25, -0.2) is 12.8 Å². The number of hydrogen-bond donors (Lipinski definition) is 1. The van der Waals surface area contributed by atoms with Crippen molar-refractivity contribution in [1.82, 2.24) is 9.62 Å². The van der Waals surface area contributed by atoms with Crippen molar-refractivity contribution in [2.75, 3.05) is 19.7 Å². The van der Waals surface area contributed by atoms with Crippen LogP contribution in [0.4, 0.5) is 4.39 Å². The Labute approximate surface area is 165 Å². The van der Waals surface area contributed by atoms with Crippen LogP contribution in [0.15, 0.2) is 53.4 Å². The molecule has 0 saturated heterocycles. The number of sulfonamides is 1. The molecule has 1 atom stereocenters. The van der Waals surface area contributed by atoms with Crippen LogP contribution in [0.5, 0.6) is 5.75 Å². The summed E-state index contributed by atoms with van der Waals surface area (Å²) in [6.45, 7) is 5.82. The normalized spacial score (nSPS) is 12.6. The highest BCUT2D eigenvalue weighted by Crippen LogP contribution is 2.20. The van der Waals surface area contributed by atoms with Crippen molar-refractivity contribution in [2.24, 2.45) is 0 Å². The first-order valence-electron chi connectivity index (χ1n) is 9.06. The molecule has 2 rings (SSSR count). The number of carbonyl (C=O) groups excluding carboxylic acids is 1. The molecule has 8 heteroatoms. The molecule has 0 radical (unpaired) electrons. The van der Waals surface area contributed by atoms with Gasteiger partial charge in [-0.15, -0.1) is 0 Å². The summed E-state index contributed by atoms with van der Waals surface area (Å²) in [6.07, 6.45) is 0. The van der Waals surface area contributed by atoms with Gasteiger partial charge in [0.1, 0.15) is 0 Å². The van der Waals surface area contributed by atoms with Gasteiger partial charge in [0.25, 0.3) is 5.91 Å². The Bertz CT molecular complexity index is 897. The van der Waals surface area contributed by atoms with Gasteiger partial charge in [-0.05, 0) is 36.8 Å². The first kappa shape index (κ1) is 21.8. The standard InChI is InChI=1S/C20H25FN2O4S/c1-4-23(5-2)28(25,26)17-12-10-16(11-13-17)15(3)22-20(24)14-27-19-9-7-6-8-18(19)21/h6-13,15H,4-5,14H2,1-3H3,(H,22,24). The van der Waals surface area contributed by atoms with Gasteiger partial charge in [-0.2, -0.15) is 4.31 Å². The molecule has 0 aromatic heterocycles. The molecule has 28 heavy (non-hydrogen) atoms. The monoisotopic (exact) mass is 408 g/mol. The molecule has 2 aromatic rings. The van der Waals surface area contributed by atoms with Gasteiger partial charge in [0, 0.05) is 13.1 Å². The Morgan fingerprint density at radius 1 is 1.11 bits per heavy atom. The van der Waals surface area contributed by atoms with Gasteiger partial charge in [0.2, 0.25) is 10.0 Å². The number of para-hydroxylation sites is 1. The zero-order valence-corrected chi connectivity index (χ0v) is 17.0. The lowest BCUT2D eigenvalue weighted by molar-refractivity contribution is -0.123. The predicted octanol–water partition coefficient (Wildman–Crippen LogP) is 3.11. The third kappa shape index (κ3) is 5.30. The van der Waals surface area contributed by atoms with E-state index < -0.39 is 21.7 Å². The fraction of sp³-hybridized carbons (Fsp3) is 0.350. The number of rotatable bonds is 9. The number of ether oxygens (including phenoxy) is 1. The number of nitrogens with zero attached hydrogens (tertiary/aromatic N) is 1. The molecule has 1 amide bonds. The quantitative estimate of drug-likeness (QED) is 0.692. The summed E-state index contributed by atoms with van der Waals surface area (Å²) in [5, 5.41) is 2.74. The summed E-state index contributed by atoms with van der Waals surface area (Å²) in [4.78, 5) is 12.3. The number of halogens is 1. The molecule has 0 fully saturated rings. The molecule has 0 aliphatic heterocycles. The summed E-state index contributed by atoms with van der Waals surface area (Å²) in [6, 6.07) is 11.9. The molecule has 0 heterocycles. The van der Waals surface area contributed by atoms with Gasteiger partial charge in [-0.3, -0.25) is 4.79 Å². The van der Waals surface area contributed by atoms with Crippen molar-refractivity contribution >= 4 is 15.9 Å². The molecular formula is C20H25FN2O4S. The van der Waals surface area contributed by atoms with Crippen molar-refractivity contribution in [2.45, 2.75) is 31.7 Å². The minimum Gasteiger partial charge on any atom is -0.481 e. The highest BCUT2D eigenvalue weighted by molar-refractivity contribution is 7.89. The van der Waals surface area contributed by atoms with Crippen molar-refractivity contribution in [3.05, 3.63) is 59.9 Å². The number of nitrogens with one attached hydrogen (secondary N) is 1. The van der Waals surface area contributed by atoms with Crippen LogP contribution in [-0.2, 0) is 14.8 Å². The van der Waals surface area contributed by atoms with Gasteiger partial charge >= 0.3 is 0 Å². The molecule has 0 spiro atoms. The number of amides is 1. The smallest absolute Gasteiger partial charge is 0.258 e. The van der Waals surface area contributed by atoms with E-state index in [0.29, 0.717) is 13.1 Å². The van der Waals surface area contributed by atoms with Crippen molar-refractivity contribution in [3.63, 3.8) is 0 Å². The predicted molar refractivity (Wildman–Crippen MR) is 105 cm³/mol. The van der Waals surface area contributed by atoms with Gasteiger partial charge in [0.15, 0.2) is 18.2 Å². The second kappa shape index (κ2) is 9.66. The lowest BCUT2D eigenvalue weighted by atomic mass is 10.1. The first-order chi connectivity index (χ1) is 13.3. The lowest BCUT2D eigenvalue weighted by Gasteiger charge is -2.19. The maximum absolute atomic E-state index is 13.5.